The highest BCUT2D eigenvalue weighted by molar-refractivity contribution is 7.92. The van der Waals surface area contributed by atoms with Crippen molar-refractivity contribution in [3.8, 4) is 0 Å². The molecule has 0 aliphatic carbocycles. The summed E-state index contributed by atoms with van der Waals surface area (Å²) in [5.74, 6) is 0. The number of nitrogens with zero attached hydrogens (tertiary/aromatic N) is 1. The number of rotatable bonds is 7. The van der Waals surface area contributed by atoms with Gasteiger partial charge in [0, 0.05) is 29.8 Å². The van der Waals surface area contributed by atoms with Crippen molar-refractivity contribution >= 4 is 21.2 Å². The van der Waals surface area contributed by atoms with Crippen molar-refractivity contribution < 1.29 is 8.42 Å². The molecule has 6 heteroatoms. The van der Waals surface area contributed by atoms with Crippen molar-refractivity contribution in [2.75, 3.05) is 12.8 Å². The maximum atomic E-state index is 11.9. The topological polar surface area (TPSA) is 59.1 Å². The lowest BCUT2D eigenvalue weighted by atomic mass is 9.99. The first-order chi connectivity index (χ1) is 8.29. The molecule has 0 saturated heterocycles. The molecule has 0 aliphatic heterocycles. The molecule has 0 saturated carbocycles. The minimum Gasteiger partial charge on any atom is -0.312 e. The van der Waals surface area contributed by atoms with Crippen LogP contribution < -0.4 is 5.32 Å². The van der Waals surface area contributed by atoms with Crippen LogP contribution in [0, 0.1) is 0 Å². The van der Waals surface area contributed by atoms with E-state index >= 15 is 0 Å². The summed E-state index contributed by atoms with van der Waals surface area (Å²) in [5, 5.41) is 3.35. The second-order valence-corrected chi connectivity index (χ2v) is 8.62. The fourth-order valence-electron chi connectivity index (χ4n) is 1.68. The van der Waals surface area contributed by atoms with E-state index in [1.165, 1.54) is 6.26 Å². The smallest absolute Gasteiger partial charge is 0.154 e. The van der Waals surface area contributed by atoms with Gasteiger partial charge < -0.3 is 5.32 Å². The Hall–Kier alpha value is -0.460. The quantitative estimate of drug-likeness (QED) is 0.833. The lowest BCUT2D eigenvalue weighted by Crippen LogP contribution is -2.52. The fourth-order valence-corrected chi connectivity index (χ4v) is 3.01. The van der Waals surface area contributed by atoms with Gasteiger partial charge in [0.15, 0.2) is 9.84 Å². The molecule has 0 radical (unpaired) electrons. The molecule has 4 nitrogen and oxygen atoms in total. The number of sulfone groups is 1. The fraction of sp³-hybridized carbons (Fsp3) is 0.750. The summed E-state index contributed by atoms with van der Waals surface area (Å²) in [5.41, 5.74) is 1.78. The van der Waals surface area contributed by atoms with Gasteiger partial charge in [0.25, 0.3) is 0 Å². The van der Waals surface area contributed by atoms with Crippen molar-refractivity contribution in [3.63, 3.8) is 0 Å². The zero-order valence-corrected chi connectivity index (χ0v) is 13.1. The maximum Gasteiger partial charge on any atom is 0.154 e. The molecule has 1 heterocycles. The molecule has 0 aromatic carbocycles. The normalized spacial score (nSPS) is 14.7. The van der Waals surface area contributed by atoms with E-state index in [0.29, 0.717) is 6.42 Å². The standard InChI is InChI=1S/C12H22N2O2S2/c1-5-6-14-11(7-10-8-13-9-17-10)12(2,3)18(4,15)16/h8-9,11,14H,5-7H2,1-4H3. The Labute approximate surface area is 114 Å². The zero-order valence-electron chi connectivity index (χ0n) is 11.4. The van der Waals surface area contributed by atoms with Gasteiger partial charge in [-0.2, -0.15) is 0 Å². The molecule has 0 spiro atoms. The average Bonchev–Trinajstić information content (AvgIpc) is 2.75. The maximum absolute atomic E-state index is 11.9. The Bertz CT molecular complexity index is 452. The SMILES string of the molecule is CCCNC(Cc1cncs1)C(C)(C)S(C)(=O)=O. The number of thiazole rings is 1. The second kappa shape index (κ2) is 6.12. The number of hydrogen-bond donors (Lipinski definition) is 1. The van der Waals surface area contributed by atoms with Crippen molar-refractivity contribution in [2.24, 2.45) is 0 Å². The Balaban J connectivity index is 2.90. The van der Waals surface area contributed by atoms with Crippen LogP contribution in [0.15, 0.2) is 11.7 Å². The number of aromatic nitrogens is 1. The van der Waals surface area contributed by atoms with E-state index in [9.17, 15) is 8.42 Å². The zero-order chi connectivity index (χ0) is 13.8. The Kier molecular flexibility index (Phi) is 5.31. The molecular formula is C12H22N2O2S2. The molecule has 18 heavy (non-hydrogen) atoms. The monoisotopic (exact) mass is 290 g/mol. The van der Waals surface area contributed by atoms with E-state index < -0.39 is 14.6 Å². The van der Waals surface area contributed by atoms with E-state index in [4.69, 9.17) is 0 Å². The van der Waals surface area contributed by atoms with Gasteiger partial charge in [0.05, 0.1) is 10.3 Å². The first-order valence-corrected chi connectivity index (χ1v) is 8.86. The Morgan fingerprint density at radius 3 is 2.61 bits per heavy atom. The minimum absolute atomic E-state index is 0.0899. The van der Waals surface area contributed by atoms with Gasteiger partial charge in [-0.25, -0.2) is 8.42 Å². The molecule has 0 aliphatic rings. The molecule has 0 fully saturated rings. The van der Waals surface area contributed by atoms with Crippen LogP contribution in [0.3, 0.4) is 0 Å². The third-order valence-electron chi connectivity index (χ3n) is 3.32. The number of hydrogen-bond acceptors (Lipinski definition) is 5. The van der Waals surface area contributed by atoms with Crippen LogP contribution in [0.25, 0.3) is 0 Å². The summed E-state index contributed by atoms with van der Waals surface area (Å²) in [6.45, 7) is 6.47. The molecule has 0 amide bonds. The number of nitrogens with one attached hydrogen (secondary N) is 1. The molecule has 1 aromatic rings. The molecule has 104 valence electrons. The van der Waals surface area contributed by atoms with Gasteiger partial charge >= 0.3 is 0 Å². The van der Waals surface area contributed by atoms with Crippen LogP contribution in [0.1, 0.15) is 32.1 Å². The van der Waals surface area contributed by atoms with Gasteiger partial charge in [0.1, 0.15) is 0 Å². The predicted molar refractivity (Wildman–Crippen MR) is 76.8 cm³/mol. The summed E-state index contributed by atoms with van der Waals surface area (Å²) in [6, 6.07) is -0.0899. The summed E-state index contributed by atoms with van der Waals surface area (Å²) >= 11 is 1.57. The molecular weight excluding hydrogens is 268 g/mol. The molecule has 1 unspecified atom stereocenters. The predicted octanol–water partition coefficient (Wildman–Crippen LogP) is 1.88. The van der Waals surface area contributed by atoms with Crippen LogP contribution in [-0.4, -0.2) is 37.0 Å². The molecule has 1 aromatic heterocycles. The van der Waals surface area contributed by atoms with Gasteiger partial charge in [0.2, 0.25) is 0 Å². The minimum atomic E-state index is -3.11. The van der Waals surface area contributed by atoms with Crippen molar-refractivity contribution in [1.82, 2.24) is 10.3 Å². The summed E-state index contributed by atoms with van der Waals surface area (Å²) in [6.07, 6.45) is 4.80. The summed E-state index contributed by atoms with van der Waals surface area (Å²) in [7, 11) is -3.11. The average molecular weight is 290 g/mol. The van der Waals surface area contributed by atoms with Gasteiger partial charge in [-0.3, -0.25) is 4.98 Å². The molecule has 1 atom stereocenters. The van der Waals surface area contributed by atoms with Gasteiger partial charge in [-0.05, 0) is 26.8 Å². The highest BCUT2D eigenvalue weighted by Crippen LogP contribution is 2.24. The first kappa shape index (κ1) is 15.6. The highest BCUT2D eigenvalue weighted by Gasteiger charge is 2.38. The van der Waals surface area contributed by atoms with Gasteiger partial charge in [-0.15, -0.1) is 11.3 Å². The van der Waals surface area contributed by atoms with Crippen molar-refractivity contribution in [2.45, 2.75) is 44.4 Å². The van der Waals surface area contributed by atoms with Crippen LogP contribution in [-0.2, 0) is 16.3 Å². The third kappa shape index (κ3) is 3.76. The first-order valence-electron chi connectivity index (χ1n) is 6.09. The summed E-state index contributed by atoms with van der Waals surface area (Å²) < 4.78 is 23.1. The molecule has 0 bridgehead atoms. The third-order valence-corrected chi connectivity index (χ3v) is 6.32. The Morgan fingerprint density at radius 2 is 2.17 bits per heavy atom. The van der Waals surface area contributed by atoms with Gasteiger partial charge in [-0.1, -0.05) is 6.92 Å². The molecule has 1 rings (SSSR count). The highest BCUT2D eigenvalue weighted by atomic mass is 32.2. The summed E-state index contributed by atoms with van der Waals surface area (Å²) in [4.78, 5) is 5.15. The van der Waals surface area contributed by atoms with Crippen LogP contribution in [0.5, 0.6) is 0 Å². The second-order valence-electron chi connectivity index (χ2n) is 5.05. The Morgan fingerprint density at radius 1 is 1.50 bits per heavy atom. The van der Waals surface area contributed by atoms with E-state index in [1.54, 1.807) is 30.7 Å². The van der Waals surface area contributed by atoms with Crippen LogP contribution >= 0.6 is 11.3 Å². The molecule has 1 N–H and O–H groups in total. The van der Waals surface area contributed by atoms with Crippen molar-refractivity contribution in [1.29, 1.82) is 0 Å². The van der Waals surface area contributed by atoms with E-state index in [2.05, 4.69) is 17.2 Å². The van der Waals surface area contributed by atoms with Crippen LogP contribution in [0.4, 0.5) is 0 Å². The largest absolute Gasteiger partial charge is 0.312 e. The lowest BCUT2D eigenvalue weighted by Gasteiger charge is -2.33. The van der Waals surface area contributed by atoms with Crippen LogP contribution in [0.2, 0.25) is 0 Å². The van der Waals surface area contributed by atoms with E-state index in [1.807, 2.05) is 6.20 Å². The van der Waals surface area contributed by atoms with E-state index in [0.717, 1.165) is 17.8 Å². The van der Waals surface area contributed by atoms with E-state index in [-0.39, 0.29) is 6.04 Å². The lowest BCUT2D eigenvalue weighted by molar-refractivity contribution is 0.408. The van der Waals surface area contributed by atoms with Crippen molar-refractivity contribution in [3.05, 3.63) is 16.6 Å².